The first kappa shape index (κ1) is 21.3. The summed E-state index contributed by atoms with van der Waals surface area (Å²) >= 11 is 0. The topological polar surface area (TPSA) is 49.7 Å². The van der Waals surface area contributed by atoms with E-state index in [0.29, 0.717) is 28.8 Å². The number of allylic oxidation sites excluding steroid dienone is 1. The fraction of sp³-hybridized carbons (Fsp3) is 0.926. The molecule has 1 aliphatic heterocycles. The molecule has 0 amide bonds. The van der Waals surface area contributed by atoms with E-state index >= 15 is 0 Å². The SMILES string of the molecule is CC1=C(CCC(C)CO)O[C@H]2C[C@H]3[C@@H]4CC[C@H]5C[C@@H](O)CC[C@]5(C)[C@H]4CC[C@]3(C)[C@@H]12. The molecule has 0 bridgehead atoms. The molecule has 4 saturated carbocycles. The van der Waals surface area contributed by atoms with Crippen LogP contribution in [0.1, 0.15) is 91.9 Å². The van der Waals surface area contributed by atoms with Crippen molar-refractivity contribution < 1.29 is 14.9 Å². The lowest BCUT2D eigenvalue weighted by Gasteiger charge is -2.60. The Hall–Kier alpha value is -0.540. The van der Waals surface area contributed by atoms with E-state index in [-0.39, 0.29) is 12.7 Å². The molecule has 3 nitrogen and oxygen atoms in total. The second kappa shape index (κ2) is 7.51. The van der Waals surface area contributed by atoms with E-state index in [1.165, 1.54) is 49.9 Å². The van der Waals surface area contributed by atoms with E-state index < -0.39 is 0 Å². The van der Waals surface area contributed by atoms with Crippen LogP contribution in [0.3, 0.4) is 0 Å². The molecule has 30 heavy (non-hydrogen) atoms. The smallest absolute Gasteiger partial charge is 0.106 e. The van der Waals surface area contributed by atoms with Crippen LogP contribution >= 0.6 is 0 Å². The van der Waals surface area contributed by atoms with Crippen LogP contribution in [-0.2, 0) is 4.74 Å². The third kappa shape index (κ3) is 3.04. The summed E-state index contributed by atoms with van der Waals surface area (Å²) in [5, 5.41) is 19.7. The minimum absolute atomic E-state index is 0.0486. The summed E-state index contributed by atoms with van der Waals surface area (Å²) in [6.07, 6.45) is 12.4. The zero-order valence-corrected chi connectivity index (χ0v) is 19.7. The number of hydrogen-bond acceptors (Lipinski definition) is 3. The Bertz CT molecular complexity index is 700. The molecular formula is C27H44O3. The maximum Gasteiger partial charge on any atom is 0.106 e. The molecule has 0 radical (unpaired) electrons. The van der Waals surface area contributed by atoms with Crippen molar-refractivity contribution in [3.63, 3.8) is 0 Å². The highest BCUT2D eigenvalue weighted by Crippen LogP contribution is 2.69. The summed E-state index contributed by atoms with van der Waals surface area (Å²) in [4.78, 5) is 0. The molecule has 4 aliphatic carbocycles. The zero-order chi connectivity index (χ0) is 21.3. The number of aliphatic hydroxyl groups excluding tert-OH is 2. The fourth-order valence-corrected chi connectivity index (χ4v) is 9.29. The van der Waals surface area contributed by atoms with Crippen LogP contribution in [-0.4, -0.2) is 29.0 Å². The summed E-state index contributed by atoms with van der Waals surface area (Å²) in [7, 11) is 0. The van der Waals surface area contributed by atoms with E-state index in [2.05, 4.69) is 27.7 Å². The Kier molecular flexibility index (Phi) is 5.33. The molecule has 2 N–H and O–H groups in total. The monoisotopic (exact) mass is 416 g/mol. The van der Waals surface area contributed by atoms with Crippen molar-refractivity contribution >= 4 is 0 Å². The minimum Gasteiger partial charge on any atom is -0.494 e. The number of aliphatic hydroxyl groups is 2. The van der Waals surface area contributed by atoms with Gasteiger partial charge in [-0.3, -0.25) is 0 Å². The maximum atomic E-state index is 10.3. The molecule has 0 saturated heterocycles. The highest BCUT2D eigenvalue weighted by Gasteiger charge is 2.64. The number of fused-ring (bicyclic) bond motifs is 7. The highest BCUT2D eigenvalue weighted by molar-refractivity contribution is 5.26. The molecule has 0 aromatic rings. The normalized spacial score (nSPS) is 50.9. The van der Waals surface area contributed by atoms with Gasteiger partial charge >= 0.3 is 0 Å². The van der Waals surface area contributed by atoms with Crippen LogP contribution in [0.15, 0.2) is 11.3 Å². The first-order chi connectivity index (χ1) is 14.3. The summed E-state index contributed by atoms with van der Waals surface area (Å²) in [6.45, 7) is 9.94. The molecule has 10 atom stereocenters. The van der Waals surface area contributed by atoms with Gasteiger partial charge < -0.3 is 14.9 Å². The van der Waals surface area contributed by atoms with Crippen molar-refractivity contribution in [1.29, 1.82) is 0 Å². The van der Waals surface area contributed by atoms with Gasteiger partial charge in [0.2, 0.25) is 0 Å². The second-order valence-electron chi connectivity index (χ2n) is 12.4. The maximum absolute atomic E-state index is 10.3. The summed E-state index contributed by atoms with van der Waals surface area (Å²) in [5.41, 5.74) is 2.39. The first-order valence-corrected chi connectivity index (χ1v) is 12.9. The number of hydrogen-bond donors (Lipinski definition) is 2. The Morgan fingerprint density at radius 2 is 1.80 bits per heavy atom. The molecule has 4 fully saturated rings. The first-order valence-electron chi connectivity index (χ1n) is 12.9. The third-order valence-electron chi connectivity index (χ3n) is 11.0. The predicted octanol–water partition coefficient (Wildman–Crippen LogP) is 5.70. The lowest BCUT2D eigenvalue weighted by atomic mass is 9.44. The molecule has 5 rings (SSSR count). The van der Waals surface area contributed by atoms with Crippen LogP contribution < -0.4 is 0 Å². The van der Waals surface area contributed by atoms with E-state index in [4.69, 9.17) is 4.74 Å². The molecule has 3 heteroatoms. The van der Waals surface area contributed by atoms with Gasteiger partial charge in [0.25, 0.3) is 0 Å². The lowest BCUT2D eigenvalue weighted by Crippen LogP contribution is -2.54. The fourth-order valence-electron chi connectivity index (χ4n) is 9.29. The van der Waals surface area contributed by atoms with Crippen molar-refractivity contribution in [3.05, 3.63) is 11.3 Å². The quantitative estimate of drug-likeness (QED) is 0.618. The van der Waals surface area contributed by atoms with Gasteiger partial charge in [-0.25, -0.2) is 0 Å². The van der Waals surface area contributed by atoms with E-state index in [1.807, 2.05) is 0 Å². The summed E-state index contributed by atoms with van der Waals surface area (Å²) in [5.74, 6) is 5.49. The van der Waals surface area contributed by atoms with Crippen LogP contribution in [0.25, 0.3) is 0 Å². The predicted molar refractivity (Wildman–Crippen MR) is 120 cm³/mol. The van der Waals surface area contributed by atoms with Crippen LogP contribution in [0.4, 0.5) is 0 Å². The van der Waals surface area contributed by atoms with Crippen molar-refractivity contribution in [1.82, 2.24) is 0 Å². The standard InChI is InChI=1S/C27H44O3/c1-16(15-28)5-8-23-17(2)25-24(30-23)14-22-20-7-6-18-13-19(29)9-11-26(18,3)21(20)10-12-27(22,25)4/h16,18-22,24-25,28-29H,5-15H2,1-4H3/t16?,18-,19-,20+,21-,22-,24-,25-,26-,27-/m0/s1. The molecule has 0 aromatic carbocycles. The average Bonchev–Trinajstić information content (AvgIpc) is 3.20. The Balaban J connectivity index is 1.36. The molecule has 1 unspecified atom stereocenters. The van der Waals surface area contributed by atoms with E-state index in [0.717, 1.165) is 49.4 Å². The molecule has 1 heterocycles. The highest BCUT2D eigenvalue weighted by atomic mass is 16.5. The number of ether oxygens (including phenoxy) is 1. The van der Waals surface area contributed by atoms with Gasteiger partial charge in [-0.05, 0) is 111 Å². The van der Waals surface area contributed by atoms with Crippen molar-refractivity contribution in [2.45, 2.75) is 104 Å². The van der Waals surface area contributed by atoms with E-state index in [9.17, 15) is 10.2 Å². The second-order valence-corrected chi connectivity index (χ2v) is 12.4. The molecular weight excluding hydrogens is 372 g/mol. The zero-order valence-electron chi connectivity index (χ0n) is 19.7. The van der Waals surface area contributed by atoms with Crippen molar-refractivity contribution in [2.75, 3.05) is 6.61 Å². The number of rotatable bonds is 4. The summed E-state index contributed by atoms with van der Waals surface area (Å²) in [6, 6.07) is 0. The Morgan fingerprint density at radius 1 is 1.03 bits per heavy atom. The van der Waals surface area contributed by atoms with Gasteiger partial charge in [0.05, 0.1) is 11.9 Å². The Labute approximate surface area is 183 Å². The Morgan fingerprint density at radius 3 is 2.57 bits per heavy atom. The van der Waals surface area contributed by atoms with E-state index in [1.54, 1.807) is 0 Å². The molecule has 5 aliphatic rings. The van der Waals surface area contributed by atoms with Gasteiger partial charge in [-0.15, -0.1) is 0 Å². The molecule has 0 spiro atoms. The summed E-state index contributed by atoms with van der Waals surface area (Å²) < 4.78 is 6.64. The van der Waals surface area contributed by atoms with Crippen molar-refractivity contribution in [2.24, 2.45) is 46.3 Å². The van der Waals surface area contributed by atoms with Crippen LogP contribution in [0.5, 0.6) is 0 Å². The molecule has 170 valence electrons. The van der Waals surface area contributed by atoms with Gasteiger partial charge in [-0.1, -0.05) is 20.8 Å². The van der Waals surface area contributed by atoms with Crippen LogP contribution in [0, 0.1) is 46.3 Å². The van der Waals surface area contributed by atoms with Gasteiger partial charge in [-0.2, -0.15) is 0 Å². The third-order valence-corrected chi connectivity index (χ3v) is 11.0. The molecule has 0 aromatic heterocycles. The van der Waals surface area contributed by atoms with Crippen molar-refractivity contribution in [3.8, 4) is 0 Å². The van der Waals surface area contributed by atoms with Gasteiger partial charge in [0.15, 0.2) is 0 Å². The van der Waals surface area contributed by atoms with Crippen LogP contribution in [0.2, 0.25) is 0 Å². The largest absolute Gasteiger partial charge is 0.494 e. The lowest BCUT2D eigenvalue weighted by molar-refractivity contribution is -0.124. The average molecular weight is 417 g/mol. The van der Waals surface area contributed by atoms with Gasteiger partial charge in [0.1, 0.15) is 6.10 Å². The van der Waals surface area contributed by atoms with Gasteiger partial charge in [0, 0.05) is 18.9 Å². The minimum atomic E-state index is -0.0486.